The maximum Gasteiger partial charge on any atom is 0.273 e. The lowest BCUT2D eigenvalue weighted by Gasteiger charge is -2.14. The predicted octanol–water partition coefficient (Wildman–Crippen LogP) is 0.892. The molecule has 2 amide bonds. The Morgan fingerprint density at radius 1 is 1.25 bits per heavy atom. The van der Waals surface area contributed by atoms with Gasteiger partial charge in [0.15, 0.2) is 11.5 Å². The third-order valence-corrected chi connectivity index (χ3v) is 4.85. The molecule has 2 aromatic rings. The maximum absolute atomic E-state index is 12.5. The van der Waals surface area contributed by atoms with E-state index in [0.29, 0.717) is 23.4 Å². The maximum atomic E-state index is 12.5. The van der Waals surface area contributed by atoms with Crippen molar-refractivity contribution in [1.29, 1.82) is 0 Å². The van der Waals surface area contributed by atoms with Crippen molar-refractivity contribution in [2.24, 2.45) is 13.0 Å². The van der Waals surface area contributed by atoms with Crippen molar-refractivity contribution in [3.8, 4) is 0 Å². The van der Waals surface area contributed by atoms with E-state index in [1.807, 2.05) is 12.1 Å². The van der Waals surface area contributed by atoms with Crippen LogP contribution in [0.1, 0.15) is 34.5 Å². The largest absolute Gasteiger partial charge is 0.354 e. The Kier molecular flexibility index (Phi) is 4.42. The van der Waals surface area contributed by atoms with Crippen LogP contribution in [0, 0.1) is 5.92 Å². The van der Waals surface area contributed by atoms with Gasteiger partial charge in [0.1, 0.15) is 0 Å². The summed E-state index contributed by atoms with van der Waals surface area (Å²) in [5, 5.41) is 16.3. The van der Waals surface area contributed by atoms with Crippen LogP contribution in [0.25, 0.3) is 5.70 Å². The molecular formula is C19H20N6O3. The quantitative estimate of drug-likeness (QED) is 0.709. The van der Waals surface area contributed by atoms with Gasteiger partial charge in [-0.3, -0.25) is 14.4 Å². The molecule has 0 aliphatic heterocycles. The van der Waals surface area contributed by atoms with E-state index in [4.69, 9.17) is 0 Å². The molecule has 9 heteroatoms. The number of pyridine rings is 1. The minimum atomic E-state index is -0.421. The van der Waals surface area contributed by atoms with E-state index in [2.05, 4.69) is 26.1 Å². The fourth-order valence-electron chi connectivity index (χ4n) is 3.11. The number of allylic oxidation sites excluding steroid dienone is 1. The highest BCUT2D eigenvalue weighted by Crippen LogP contribution is 2.31. The van der Waals surface area contributed by atoms with Crippen LogP contribution in [-0.4, -0.2) is 33.6 Å². The van der Waals surface area contributed by atoms with Crippen LogP contribution in [0.4, 0.5) is 11.5 Å². The number of hydrogen-bond donors (Lipinski definition) is 3. The summed E-state index contributed by atoms with van der Waals surface area (Å²) in [6.45, 7) is 0. The molecule has 0 bridgehead atoms. The van der Waals surface area contributed by atoms with Gasteiger partial charge in [-0.15, -0.1) is 10.2 Å². The normalized spacial score (nSPS) is 14.9. The van der Waals surface area contributed by atoms with Gasteiger partial charge in [-0.25, -0.2) is 0 Å². The smallest absolute Gasteiger partial charge is 0.273 e. The lowest BCUT2D eigenvalue weighted by atomic mass is 10.1. The minimum absolute atomic E-state index is 0.0178. The van der Waals surface area contributed by atoms with Gasteiger partial charge < -0.3 is 20.5 Å². The van der Waals surface area contributed by atoms with Crippen LogP contribution in [0.2, 0.25) is 0 Å². The Hall–Kier alpha value is -3.49. The molecule has 0 atom stereocenters. The molecule has 1 saturated carbocycles. The SMILES string of the molecule is CNC(=O)c1nnc(NC(=O)C2CC2)cc1NC1=CCc2ccn(C)c(=O)c21. The number of aryl methyl sites for hydroxylation is 1. The van der Waals surface area contributed by atoms with E-state index in [0.717, 1.165) is 18.4 Å². The number of aromatic nitrogens is 3. The molecule has 2 heterocycles. The summed E-state index contributed by atoms with van der Waals surface area (Å²) in [4.78, 5) is 36.8. The van der Waals surface area contributed by atoms with E-state index < -0.39 is 5.91 Å². The summed E-state index contributed by atoms with van der Waals surface area (Å²) in [5.41, 5.74) is 2.40. The number of hydrogen-bond acceptors (Lipinski definition) is 6. The molecule has 0 radical (unpaired) electrons. The highest BCUT2D eigenvalue weighted by atomic mass is 16.2. The van der Waals surface area contributed by atoms with Gasteiger partial charge in [-0.1, -0.05) is 6.08 Å². The fraction of sp³-hybridized carbons (Fsp3) is 0.316. The van der Waals surface area contributed by atoms with Crippen molar-refractivity contribution in [2.75, 3.05) is 17.7 Å². The first-order chi connectivity index (χ1) is 13.5. The van der Waals surface area contributed by atoms with Gasteiger partial charge in [0.2, 0.25) is 5.91 Å². The van der Waals surface area contributed by atoms with Crippen molar-refractivity contribution in [2.45, 2.75) is 19.3 Å². The Morgan fingerprint density at radius 2 is 2.04 bits per heavy atom. The predicted molar refractivity (Wildman–Crippen MR) is 104 cm³/mol. The first-order valence-electron chi connectivity index (χ1n) is 9.04. The van der Waals surface area contributed by atoms with Gasteiger partial charge in [0.25, 0.3) is 11.5 Å². The van der Waals surface area contributed by atoms with E-state index in [-0.39, 0.29) is 28.9 Å². The van der Waals surface area contributed by atoms with Crippen molar-refractivity contribution in [3.05, 3.63) is 51.6 Å². The highest BCUT2D eigenvalue weighted by molar-refractivity contribution is 6.00. The summed E-state index contributed by atoms with van der Waals surface area (Å²) in [5.74, 6) is -0.252. The first kappa shape index (κ1) is 17.9. The average Bonchev–Trinajstić information content (AvgIpc) is 3.46. The van der Waals surface area contributed by atoms with Gasteiger partial charge in [0, 0.05) is 38.0 Å². The zero-order valence-corrected chi connectivity index (χ0v) is 15.6. The molecule has 144 valence electrons. The third-order valence-electron chi connectivity index (χ3n) is 4.85. The summed E-state index contributed by atoms with van der Waals surface area (Å²) >= 11 is 0. The Balaban J connectivity index is 1.68. The van der Waals surface area contributed by atoms with E-state index in [1.54, 1.807) is 19.3 Å². The van der Waals surface area contributed by atoms with Crippen LogP contribution in [-0.2, 0) is 18.3 Å². The summed E-state index contributed by atoms with van der Waals surface area (Å²) in [6.07, 6.45) is 5.98. The monoisotopic (exact) mass is 380 g/mol. The second kappa shape index (κ2) is 6.91. The Morgan fingerprint density at radius 3 is 2.75 bits per heavy atom. The minimum Gasteiger partial charge on any atom is -0.354 e. The molecule has 3 N–H and O–H groups in total. The molecule has 0 aromatic carbocycles. The van der Waals surface area contributed by atoms with Crippen LogP contribution in [0.5, 0.6) is 0 Å². The second-order valence-corrected chi connectivity index (χ2v) is 6.91. The zero-order chi connectivity index (χ0) is 19.8. The number of carbonyl (C=O) groups excluding carboxylic acids is 2. The number of rotatable bonds is 5. The Labute approximate surface area is 160 Å². The molecule has 0 saturated heterocycles. The number of amides is 2. The molecule has 9 nitrogen and oxygen atoms in total. The van der Waals surface area contributed by atoms with Crippen molar-refractivity contribution in [1.82, 2.24) is 20.1 Å². The van der Waals surface area contributed by atoms with Crippen LogP contribution < -0.4 is 21.5 Å². The summed E-state index contributed by atoms with van der Waals surface area (Å²) in [6, 6.07) is 3.46. The van der Waals surface area contributed by atoms with E-state index in [1.165, 1.54) is 11.6 Å². The van der Waals surface area contributed by atoms with Gasteiger partial charge in [-0.2, -0.15) is 0 Å². The second-order valence-electron chi connectivity index (χ2n) is 6.91. The molecule has 28 heavy (non-hydrogen) atoms. The molecule has 2 aromatic heterocycles. The Bertz CT molecular complexity index is 1070. The fourth-order valence-corrected chi connectivity index (χ4v) is 3.11. The van der Waals surface area contributed by atoms with E-state index in [9.17, 15) is 14.4 Å². The van der Waals surface area contributed by atoms with Gasteiger partial charge >= 0.3 is 0 Å². The lowest BCUT2D eigenvalue weighted by Crippen LogP contribution is -2.24. The van der Waals surface area contributed by atoms with Gasteiger partial charge in [0.05, 0.1) is 11.3 Å². The number of fused-ring (bicyclic) bond motifs is 1. The first-order valence-corrected chi connectivity index (χ1v) is 9.04. The molecule has 2 aliphatic rings. The topological polar surface area (TPSA) is 118 Å². The lowest BCUT2D eigenvalue weighted by molar-refractivity contribution is -0.117. The van der Waals surface area contributed by atoms with Gasteiger partial charge in [-0.05, 0) is 30.9 Å². The van der Waals surface area contributed by atoms with Crippen molar-refractivity contribution in [3.63, 3.8) is 0 Å². The van der Waals surface area contributed by atoms with Crippen molar-refractivity contribution >= 4 is 29.0 Å². The molecule has 2 aliphatic carbocycles. The standard InChI is InChI=1S/C19H20N6O3/c1-20-18(27)16-13(9-14(23-24-16)22-17(26)11-3-4-11)21-12-6-5-10-7-8-25(2)19(28)15(10)12/h6-9,11H,3-5H2,1-2H3,(H,20,27)(H2,21,22,23,26). The average molecular weight is 380 g/mol. The van der Waals surface area contributed by atoms with Crippen molar-refractivity contribution < 1.29 is 9.59 Å². The highest BCUT2D eigenvalue weighted by Gasteiger charge is 2.30. The molecule has 4 rings (SSSR count). The third kappa shape index (κ3) is 3.26. The van der Waals surface area contributed by atoms with Crippen LogP contribution in [0.3, 0.4) is 0 Å². The zero-order valence-electron chi connectivity index (χ0n) is 15.6. The van der Waals surface area contributed by atoms with Crippen LogP contribution >= 0.6 is 0 Å². The molecule has 0 unspecified atom stereocenters. The molecule has 0 spiro atoms. The summed E-state index contributed by atoms with van der Waals surface area (Å²) < 4.78 is 1.51. The number of nitrogens with zero attached hydrogens (tertiary/aromatic N) is 3. The molecular weight excluding hydrogens is 360 g/mol. The number of carbonyl (C=O) groups is 2. The summed E-state index contributed by atoms with van der Waals surface area (Å²) in [7, 11) is 3.19. The van der Waals surface area contributed by atoms with Crippen LogP contribution in [0.15, 0.2) is 29.2 Å². The number of nitrogens with one attached hydrogen (secondary N) is 3. The number of anilines is 2. The van der Waals surface area contributed by atoms with E-state index >= 15 is 0 Å². The molecule has 1 fully saturated rings.